The first kappa shape index (κ1) is 15.3. The molecule has 1 amide bonds. The molecular weight excluding hydrogens is 276 g/mol. The van der Waals surface area contributed by atoms with Crippen molar-refractivity contribution in [1.82, 2.24) is 4.90 Å². The van der Waals surface area contributed by atoms with Crippen LogP contribution in [-0.4, -0.2) is 37.0 Å². The van der Waals surface area contributed by atoms with Crippen LogP contribution in [0.15, 0.2) is 24.3 Å². The SMILES string of the molecule is COc1ccc(C2(C(=O)N3CC(CN)CC3C)CCC2)cc1. The molecule has 0 bridgehead atoms. The van der Waals surface area contributed by atoms with Crippen LogP contribution in [0.1, 0.15) is 38.2 Å². The number of carbonyl (C=O) groups is 1. The van der Waals surface area contributed by atoms with Gasteiger partial charge in [-0.05, 0) is 56.3 Å². The quantitative estimate of drug-likeness (QED) is 0.928. The van der Waals surface area contributed by atoms with Gasteiger partial charge in [-0.25, -0.2) is 0 Å². The first-order valence-corrected chi connectivity index (χ1v) is 8.26. The summed E-state index contributed by atoms with van der Waals surface area (Å²) in [6.07, 6.45) is 4.06. The maximum absolute atomic E-state index is 13.2. The molecule has 0 radical (unpaired) electrons. The summed E-state index contributed by atoms with van der Waals surface area (Å²) in [4.78, 5) is 15.3. The molecule has 1 aromatic carbocycles. The molecular formula is C18H26N2O2. The van der Waals surface area contributed by atoms with Crippen LogP contribution in [0.2, 0.25) is 0 Å². The summed E-state index contributed by atoms with van der Waals surface area (Å²) in [6.45, 7) is 3.63. The van der Waals surface area contributed by atoms with Crippen LogP contribution in [-0.2, 0) is 10.2 Å². The number of hydrogen-bond donors (Lipinski definition) is 1. The third kappa shape index (κ3) is 2.39. The molecule has 0 aromatic heterocycles. The fourth-order valence-corrected chi connectivity index (χ4v) is 3.94. The van der Waals surface area contributed by atoms with E-state index in [-0.39, 0.29) is 5.41 Å². The number of rotatable bonds is 4. The Labute approximate surface area is 132 Å². The van der Waals surface area contributed by atoms with Crippen molar-refractivity contribution in [3.8, 4) is 5.75 Å². The van der Waals surface area contributed by atoms with Crippen LogP contribution in [0.5, 0.6) is 5.75 Å². The zero-order valence-electron chi connectivity index (χ0n) is 13.5. The predicted molar refractivity (Wildman–Crippen MR) is 86.9 cm³/mol. The second-order valence-corrected chi connectivity index (χ2v) is 6.81. The number of nitrogens with two attached hydrogens (primary N) is 1. The number of hydrogen-bond acceptors (Lipinski definition) is 3. The molecule has 2 unspecified atom stereocenters. The van der Waals surface area contributed by atoms with Gasteiger partial charge in [-0.1, -0.05) is 18.6 Å². The van der Waals surface area contributed by atoms with Crippen molar-refractivity contribution in [2.45, 2.75) is 44.1 Å². The first-order chi connectivity index (χ1) is 10.6. The Bertz CT molecular complexity index is 537. The molecule has 1 aliphatic heterocycles. The van der Waals surface area contributed by atoms with E-state index in [0.717, 1.165) is 43.5 Å². The second kappa shape index (κ2) is 5.92. The van der Waals surface area contributed by atoms with Crippen molar-refractivity contribution < 1.29 is 9.53 Å². The van der Waals surface area contributed by atoms with E-state index in [0.29, 0.717) is 24.4 Å². The second-order valence-electron chi connectivity index (χ2n) is 6.81. The normalized spacial score (nSPS) is 26.6. The minimum Gasteiger partial charge on any atom is -0.497 e. The first-order valence-electron chi connectivity index (χ1n) is 8.26. The highest BCUT2D eigenvalue weighted by atomic mass is 16.5. The molecule has 1 saturated heterocycles. The van der Waals surface area contributed by atoms with Crippen LogP contribution in [0.4, 0.5) is 0 Å². The number of likely N-dealkylation sites (tertiary alicyclic amines) is 1. The van der Waals surface area contributed by atoms with E-state index in [1.54, 1.807) is 7.11 Å². The molecule has 1 saturated carbocycles. The van der Waals surface area contributed by atoms with E-state index in [1.165, 1.54) is 0 Å². The van der Waals surface area contributed by atoms with Crippen molar-refractivity contribution in [2.24, 2.45) is 11.7 Å². The van der Waals surface area contributed by atoms with Crippen LogP contribution in [0, 0.1) is 5.92 Å². The fourth-order valence-electron chi connectivity index (χ4n) is 3.94. The van der Waals surface area contributed by atoms with Gasteiger partial charge in [-0.2, -0.15) is 0 Å². The summed E-state index contributed by atoms with van der Waals surface area (Å²) < 4.78 is 5.23. The van der Waals surface area contributed by atoms with E-state index >= 15 is 0 Å². The van der Waals surface area contributed by atoms with Gasteiger partial charge in [-0.15, -0.1) is 0 Å². The van der Waals surface area contributed by atoms with Crippen LogP contribution >= 0.6 is 0 Å². The summed E-state index contributed by atoms with van der Waals surface area (Å²) in [5.74, 6) is 1.59. The predicted octanol–water partition coefficient (Wildman–Crippen LogP) is 2.31. The van der Waals surface area contributed by atoms with Crippen LogP contribution in [0.25, 0.3) is 0 Å². The maximum Gasteiger partial charge on any atom is 0.233 e. The van der Waals surface area contributed by atoms with Gasteiger partial charge in [0.05, 0.1) is 12.5 Å². The topological polar surface area (TPSA) is 55.6 Å². The number of benzene rings is 1. The molecule has 2 fully saturated rings. The highest BCUT2D eigenvalue weighted by Gasteiger charge is 2.49. The lowest BCUT2D eigenvalue weighted by Gasteiger charge is -2.44. The smallest absolute Gasteiger partial charge is 0.233 e. The number of methoxy groups -OCH3 is 1. The molecule has 1 aromatic rings. The third-order valence-corrected chi connectivity index (χ3v) is 5.51. The molecule has 0 spiro atoms. The van der Waals surface area contributed by atoms with E-state index in [2.05, 4.69) is 24.0 Å². The van der Waals surface area contributed by atoms with Gasteiger partial charge in [0.1, 0.15) is 5.75 Å². The lowest BCUT2D eigenvalue weighted by molar-refractivity contribution is -0.141. The minimum atomic E-state index is -0.315. The number of nitrogens with zero attached hydrogens (tertiary/aromatic N) is 1. The average Bonchev–Trinajstić information content (AvgIpc) is 2.88. The summed E-state index contributed by atoms with van der Waals surface area (Å²) >= 11 is 0. The number of carbonyl (C=O) groups excluding carboxylic acids is 1. The third-order valence-electron chi connectivity index (χ3n) is 5.51. The van der Waals surface area contributed by atoms with Crippen molar-refractivity contribution in [2.75, 3.05) is 20.2 Å². The minimum absolute atomic E-state index is 0.298. The summed E-state index contributed by atoms with van der Waals surface area (Å²) in [5, 5.41) is 0. The van der Waals surface area contributed by atoms with Crippen LogP contribution in [0.3, 0.4) is 0 Å². The lowest BCUT2D eigenvalue weighted by atomic mass is 9.63. The Morgan fingerprint density at radius 2 is 2.05 bits per heavy atom. The van der Waals surface area contributed by atoms with Gasteiger partial charge < -0.3 is 15.4 Å². The Kier molecular flexibility index (Phi) is 4.13. The Morgan fingerprint density at radius 3 is 2.50 bits per heavy atom. The zero-order valence-corrected chi connectivity index (χ0v) is 13.5. The van der Waals surface area contributed by atoms with Gasteiger partial charge in [0.25, 0.3) is 0 Å². The Hall–Kier alpha value is -1.55. The van der Waals surface area contributed by atoms with Crippen molar-refractivity contribution in [3.05, 3.63) is 29.8 Å². The van der Waals surface area contributed by atoms with Gasteiger partial charge in [0.2, 0.25) is 5.91 Å². The molecule has 4 heteroatoms. The molecule has 4 nitrogen and oxygen atoms in total. The summed E-state index contributed by atoms with van der Waals surface area (Å²) in [5.41, 5.74) is 6.62. The summed E-state index contributed by atoms with van der Waals surface area (Å²) in [7, 11) is 1.66. The summed E-state index contributed by atoms with van der Waals surface area (Å²) in [6, 6.07) is 8.32. The molecule has 2 N–H and O–H groups in total. The van der Waals surface area contributed by atoms with E-state index in [9.17, 15) is 4.79 Å². The molecule has 3 rings (SSSR count). The van der Waals surface area contributed by atoms with Gasteiger partial charge in [0, 0.05) is 12.6 Å². The van der Waals surface area contributed by atoms with Gasteiger partial charge in [-0.3, -0.25) is 4.79 Å². The van der Waals surface area contributed by atoms with Crippen molar-refractivity contribution in [1.29, 1.82) is 0 Å². The lowest BCUT2D eigenvalue weighted by Crippen LogP contribution is -2.52. The van der Waals surface area contributed by atoms with E-state index < -0.39 is 0 Å². The molecule has 22 heavy (non-hydrogen) atoms. The maximum atomic E-state index is 13.2. The average molecular weight is 302 g/mol. The molecule has 2 atom stereocenters. The molecule has 2 aliphatic rings. The highest BCUT2D eigenvalue weighted by Crippen LogP contribution is 2.46. The van der Waals surface area contributed by atoms with Crippen LogP contribution < -0.4 is 10.5 Å². The molecule has 1 heterocycles. The van der Waals surface area contributed by atoms with Gasteiger partial charge in [0.15, 0.2) is 0 Å². The Morgan fingerprint density at radius 1 is 1.36 bits per heavy atom. The van der Waals surface area contributed by atoms with Crippen molar-refractivity contribution in [3.63, 3.8) is 0 Å². The number of ether oxygens (including phenoxy) is 1. The Balaban J connectivity index is 1.84. The zero-order chi connectivity index (χ0) is 15.7. The standard InChI is InChI=1S/C18H26N2O2/c1-13-10-14(11-19)12-20(13)17(21)18(8-3-9-18)15-4-6-16(22-2)7-5-15/h4-7,13-14H,3,8-12,19H2,1-2H3. The highest BCUT2D eigenvalue weighted by molar-refractivity contribution is 5.89. The van der Waals surface area contributed by atoms with E-state index in [1.807, 2.05) is 12.1 Å². The van der Waals surface area contributed by atoms with Crippen molar-refractivity contribution >= 4 is 5.91 Å². The van der Waals surface area contributed by atoms with Gasteiger partial charge >= 0.3 is 0 Å². The monoisotopic (exact) mass is 302 g/mol. The number of amides is 1. The molecule has 120 valence electrons. The largest absolute Gasteiger partial charge is 0.497 e. The van der Waals surface area contributed by atoms with E-state index in [4.69, 9.17) is 10.5 Å². The fraction of sp³-hybridized carbons (Fsp3) is 0.611. The molecule has 1 aliphatic carbocycles.